The van der Waals surface area contributed by atoms with Gasteiger partial charge in [-0.1, -0.05) is 0 Å². The fourth-order valence-corrected chi connectivity index (χ4v) is 3.67. The SMILES string of the molecule is Cc1nc(N2CCC(CN3CCCC3)CC2)ncc1CCl. The quantitative estimate of drug-likeness (QED) is 0.801. The summed E-state index contributed by atoms with van der Waals surface area (Å²) in [6.45, 7) is 8.09. The molecule has 0 aromatic carbocycles. The molecule has 21 heavy (non-hydrogen) atoms. The highest BCUT2D eigenvalue weighted by Crippen LogP contribution is 2.23. The average Bonchev–Trinajstić information content (AvgIpc) is 3.01. The minimum atomic E-state index is 0.490. The number of nitrogens with zero attached hydrogens (tertiary/aromatic N) is 4. The number of alkyl halides is 1. The van der Waals surface area contributed by atoms with Crippen molar-refractivity contribution >= 4 is 17.5 Å². The van der Waals surface area contributed by atoms with Crippen molar-refractivity contribution in [1.29, 1.82) is 0 Å². The van der Waals surface area contributed by atoms with Gasteiger partial charge in [-0.15, -0.1) is 11.6 Å². The van der Waals surface area contributed by atoms with Gasteiger partial charge in [-0.3, -0.25) is 0 Å². The molecule has 2 saturated heterocycles. The van der Waals surface area contributed by atoms with Crippen LogP contribution in [-0.2, 0) is 5.88 Å². The Labute approximate surface area is 132 Å². The molecule has 2 aliphatic heterocycles. The largest absolute Gasteiger partial charge is 0.341 e. The van der Waals surface area contributed by atoms with E-state index in [4.69, 9.17) is 11.6 Å². The summed E-state index contributed by atoms with van der Waals surface area (Å²) in [6, 6.07) is 0. The second-order valence-electron chi connectivity index (χ2n) is 6.35. The Hall–Kier alpha value is -0.870. The van der Waals surface area contributed by atoms with Gasteiger partial charge in [0.1, 0.15) is 0 Å². The van der Waals surface area contributed by atoms with E-state index in [-0.39, 0.29) is 0 Å². The van der Waals surface area contributed by atoms with Crippen LogP contribution in [0, 0.1) is 12.8 Å². The lowest BCUT2D eigenvalue weighted by molar-refractivity contribution is 0.249. The van der Waals surface area contributed by atoms with Crippen molar-refractivity contribution in [2.45, 2.75) is 38.5 Å². The van der Waals surface area contributed by atoms with Gasteiger partial charge in [-0.25, -0.2) is 9.97 Å². The van der Waals surface area contributed by atoms with Crippen molar-refractivity contribution < 1.29 is 0 Å². The van der Waals surface area contributed by atoms with E-state index < -0.39 is 0 Å². The maximum atomic E-state index is 5.87. The lowest BCUT2D eigenvalue weighted by Crippen LogP contribution is -2.39. The molecule has 0 amide bonds. The summed E-state index contributed by atoms with van der Waals surface area (Å²) in [7, 11) is 0. The van der Waals surface area contributed by atoms with E-state index in [1.807, 2.05) is 13.1 Å². The minimum Gasteiger partial charge on any atom is -0.341 e. The van der Waals surface area contributed by atoms with Crippen molar-refractivity contribution in [3.05, 3.63) is 17.5 Å². The first-order valence-electron chi connectivity index (χ1n) is 8.12. The molecule has 2 aliphatic rings. The van der Waals surface area contributed by atoms with Gasteiger partial charge in [0.25, 0.3) is 0 Å². The smallest absolute Gasteiger partial charge is 0.225 e. The van der Waals surface area contributed by atoms with E-state index >= 15 is 0 Å². The molecule has 0 bridgehead atoms. The molecule has 0 aliphatic carbocycles. The number of aryl methyl sites for hydroxylation is 1. The predicted octanol–water partition coefficient (Wildman–Crippen LogP) is 2.84. The van der Waals surface area contributed by atoms with Crippen molar-refractivity contribution in [3.8, 4) is 0 Å². The van der Waals surface area contributed by atoms with Crippen LogP contribution < -0.4 is 4.90 Å². The second-order valence-corrected chi connectivity index (χ2v) is 6.62. The molecule has 0 saturated carbocycles. The molecule has 0 radical (unpaired) electrons. The van der Waals surface area contributed by atoms with Gasteiger partial charge in [-0.2, -0.15) is 0 Å². The van der Waals surface area contributed by atoms with Gasteiger partial charge in [0.05, 0.1) is 5.88 Å². The lowest BCUT2D eigenvalue weighted by Gasteiger charge is -2.34. The van der Waals surface area contributed by atoms with E-state index in [1.54, 1.807) is 0 Å². The molecule has 1 aromatic heterocycles. The van der Waals surface area contributed by atoms with Crippen LogP contribution in [0.15, 0.2) is 6.20 Å². The molecular formula is C16H25ClN4. The average molecular weight is 309 g/mol. The summed E-state index contributed by atoms with van der Waals surface area (Å²) in [5, 5.41) is 0. The molecule has 1 aromatic rings. The summed E-state index contributed by atoms with van der Waals surface area (Å²) < 4.78 is 0. The van der Waals surface area contributed by atoms with E-state index in [9.17, 15) is 0 Å². The van der Waals surface area contributed by atoms with Crippen molar-refractivity contribution in [2.75, 3.05) is 37.6 Å². The molecule has 2 fully saturated rings. The minimum absolute atomic E-state index is 0.490. The molecule has 0 atom stereocenters. The van der Waals surface area contributed by atoms with Gasteiger partial charge in [0, 0.05) is 37.1 Å². The molecule has 0 N–H and O–H groups in total. The Balaban J connectivity index is 1.54. The fraction of sp³-hybridized carbons (Fsp3) is 0.750. The number of hydrogen-bond acceptors (Lipinski definition) is 4. The Morgan fingerprint density at radius 2 is 1.90 bits per heavy atom. The molecule has 5 heteroatoms. The molecule has 0 spiro atoms. The first kappa shape index (κ1) is 15.0. The highest BCUT2D eigenvalue weighted by Gasteiger charge is 2.24. The van der Waals surface area contributed by atoms with E-state index in [0.717, 1.165) is 36.2 Å². The summed E-state index contributed by atoms with van der Waals surface area (Å²) in [5.74, 6) is 2.22. The van der Waals surface area contributed by atoms with Crippen LogP contribution in [0.25, 0.3) is 0 Å². The maximum absolute atomic E-state index is 5.87. The molecule has 3 heterocycles. The molecule has 3 rings (SSSR count). The second kappa shape index (κ2) is 6.93. The third-order valence-electron chi connectivity index (χ3n) is 4.82. The highest BCUT2D eigenvalue weighted by molar-refractivity contribution is 6.17. The Morgan fingerprint density at radius 1 is 1.19 bits per heavy atom. The number of hydrogen-bond donors (Lipinski definition) is 0. The zero-order valence-corrected chi connectivity index (χ0v) is 13.6. The van der Waals surface area contributed by atoms with Crippen molar-refractivity contribution in [2.24, 2.45) is 5.92 Å². The number of aromatic nitrogens is 2. The lowest BCUT2D eigenvalue weighted by atomic mass is 9.96. The van der Waals surface area contributed by atoms with Crippen molar-refractivity contribution in [1.82, 2.24) is 14.9 Å². The highest BCUT2D eigenvalue weighted by atomic mass is 35.5. The molecule has 0 unspecified atom stereocenters. The van der Waals surface area contributed by atoms with Crippen LogP contribution in [0.5, 0.6) is 0 Å². The number of halogens is 1. The van der Waals surface area contributed by atoms with Crippen LogP contribution in [-0.4, -0.2) is 47.6 Å². The first-order valence-corrected chi connectivity index (χ1v) is 8.65. The predicted molar refractivity (Wildman–Crippen MR) is 86.9 cm³/mol. The van der Waals surface area contributed by atoms with Gasteiger partial charge in [-0.05, 0) is 51.6 Å². The third kappa shape index (κ3) is 3.67. The maximum Gasteiger partial charge on any atom is 0.225 e. The van der Waals surface area contributed by atoms with Crippen LogP contribution in [0.2, 0.25) is 0 Å². The van der Waals surface area contributed by atoms with Crippen molar-refractivity contribution in [3.63, 3.8) is 0 Å². The fourth-order valence-electron chi connectivity index (χ4n) is 3.41. The number of likely N-dealkylation sites (tertiary alicyclic amines) is 1. The standard InChI is InChI=1S/C16H25ClN4/c1-13-15(10-17)11-18-16(19-13)21-8-4-14(5-9-21)12-20-6-2-3-7-20/h11,14H,2-10,12H2,1H3. The van der Waals surface area contributed by atoms with E-state index in [0.29, 0.717) is 5.88 Å². The van der Waals surface area contributed by atoms with E-state index in [2.05, 4.69) is 19.8 Å². The Bertz CT molecular complexity index is 465. The molecule has 116 valence electrons. The molecule has 4 nitrogen and oxygen atoms in total. The van der Waals surface area contributed by atoms with Crippen LogP contribution >= 0.6 is 11.6 Å². The first-order chi connectivity index (χ1) is 10.3. The van der Waals surface area contributed by atoms with Crippen LogP contribution in [0.1, 0.15) is 36.9 Å². The Kier molecular flexibility index (Phi) is 4.96. The summed E-state index contributed by atoms with van der Waals surface area (Å²) in [4.78, 5) is 14.1. The zero-order valence-electron chi connectivity index (χ0n) is 12.9. The monoisotopic (exact) mass is 308 g/mol. The Morgan fingerprint density at radius 3 is 2.52 bits per heavy atom. The summed E-state index contributed by atoms with van der Waals surface area (Å²) >= 11 is 5.87. The van der Waals surface area contributed by atoms with Gasteiger partial charge < -0.3 is 9.80 Å². The molecular weight excluding hydrogens is 284 g/mol. The van der Waals surface area contributed by atoms with Crippen LogP contribution in [0.4, 0.5) is 5.95 Å². The summed E-state index contributed by atoms with van der Waals surface area (Å²) in [6.07, 6.45) is 7.17. The van der Waals surface area contributed by atoms with Gasteiger partial charge in [0.2, 0.25) is 5.95 Å². The zero-order chi connectivity index (χ0) is 14.7. The number of anilines is 1. The van der Waals surface area contributed by atoms with Gasteiger partial charge in [0.15, 0.2) is 0 Å². The summed E-state index contributed by atoms with van der Waals surface area (Å²) in [5.41, 5.74) is 2.04. The third-order valence-corrected chi connectivity index (χ3v) is 5.11. The van der Waals surface area contributed by atoms with E-state index in [1.165, 1.54) is 45.3 Å². The normalized spacial score (nSPS) is 21.1. The number of rotatable bonds is 4. The van der Waals surface area contributed by atoms with Crippen LogP contribution in [0.3, 0.4) is 0 Å². The van der Waals surface area contributed by atoms with Gasteiger partial charge >= 0.3 is 0 Å². The topological polar surface area (TPSA) is 32.3 Å². The number of piperidine rings is 1.